The average molecular weight is 509 g/mol. The van der Waals surface area contributed by atoms with Gasteiger partial charge in [0.2, 0.25) is 0 Å². The molecule has 1 fully saturated rings. The van der Waals surface area contributed by atoms with E-state index in [0.717, 1.165) is 36.8 Å². The Morgan fingerprint density at radius 1 is 1.08 bits per heavy atom. The average Bonchev–Trinajstić information content (AvgIpc) is 3.30. The number of hydrogen-bond acceptors (Lipinski definition) is 6. The second kappa shape index (κ2) is 10.6. The summed E-state index contributed by atoms with van der Waals surface area (Å²) in [5.41, 5.74) is 1.44. The van der Waals surface area contributed by atoms with E-state index in [1.54, 1.807) is 30.1 Å². The summed E-state index contributed by atoms with van der Waals surface area (Å²) in [4.78, 5) is 21.8. The van der Waals surface area contributed by atoms with Crippen molar-refractivity contribution in [3.05, 3.63) is 77.0 Å². The monoisotopic (exact) mass is 508 g/mol. The predicted octanol–water partition coefficient (Wildman–Crippen LogP) is 4.91. The highest BCUT2D eigenvalue weighted by atomic mass is 35.5. The number of methoxy groups -OCH3 is 1. The van der Waals surface area contributed by atoms with E-state index in [9.17, 15) is 9.18 Å². The molecule has 0 bridgehead atoms. The minimum absolute atomic E-state index is 0.00685. The second-order valence-corrected chi connectivity index (χ2v) is 9.22. The maximum atomic E-state index is 13.9. The molecule has 0 atom stereocenters. The molecular weight excluding hydrogens is 483 g/mol. The van der Waals surface area contributed by atoms with Crippen molar-refractivity contribution in [2.45, 2.75) is 44.4 Å². The molecule has 1 amide bonds. The van der Waals surface area contributed by atoms with Crippen LogP contribution in [0.4, 0.5) is 10.2 Å². The van der Waals surface area contributed by atoms with Gasteiger partial charge in [0, 0.05) is 19.2 Å². The van der Waals surface area contributed by atoms with Crippen molar-refractivity contribution in [1.82, 2.24) is 25.1 Å². The number of ether oxygens (including phenoxy) is 1. The summed E-state index contributed by atoms with van der Waals surface area (Å²) in [7, 11) is 1.60. The molecule has 0 unspecified atom stereocenters. The lowest BCUT2D eigenvalue weighted by atomic mass is 9.91. The second-order valence-electron chi connectivity index (χ2n) is 8.81. The molecule has 2 N–H and O–H groups in total. The maximum absolute atomic E-state index is 13.9. The van der Waals surface area contributed by atoms with Gasteiger partial charge in [0.15, 0.2) is 11.5 Å². The van der Waals surface area contributed by atoms with Crippen molar-refractivity contribution in [1.29, 1.82) is 0 Å². The zero-order valence-corrected chi connectivity index (χ0v) is 20.5. The molecule has 2 heterocycles. The van der Waals surface area contributed by atoms with Gasteiger partial charge in [0.25, 0.3) is 5.91 Å². The lowest BCUT2D eigenvalue weighted by Gasteiger charge is -2.30. The van der Waals surface area contributed by atoms with E-state index in [0.29, 0.717) is 22.3 Å². The van der Waals surface area contributed by atoms with E-state index in [1.807, 2.05) is 24.3 Å². The fraction of sp³-hybridized carbons (Fsp3) is 0.308. The van der Waals surface area contributed by atoms with Crippen molar-refractivity contribution in [2.24, 2.45) is 0 Å². The third-order valence-electron chi connectivity index (χ3n) is 6.35. The number of rotatable bonds is 7. The van der Waals surface area contributed by atoms with Crippen molar-refractivity contribution in [2.75, 3.05) is 12.4 Å². The number of fused-ring (bicyclic) bond motifs is 1. The third-order valence-corrected chi connectivity index (χ3v) is 6.67. The fourth-order valence-corrected chi connectivity index (χ4v) is 4.76. The van der Waals surface area contributed by atoms with Crippen LogP contribution in [0.3, 0.4) is 0 Å². The summed E-state index contributed by atoms with van der Waals surface area (Å²) < 4.78 is 20.9. The first kappa shape index (κ1) is 24.1. The van der Waals surface area contributed by atoms with Crippen LogP contribution in [0.25, 0.3) is 16.7 Å². The molecule has 4 aromatic rings. The molecule has 2 aromatic heterocycles. The Hall–Kier alpha value is -3.56. The molecule has 36 heavy (non-hydrogen) atoms. The number of amides is 1. The quantitative estimate of drug-likeness (QED) is 0.368. The van der Waals surface area contributed by atoms with Crippen molar-refractivity contribution in [3.63, 3.8) is 0 Å². The van der Waals surface area contributed by atoms with Crippen LogP contribution in [0, 0.1) is 5.82 Å². The first-order valence-electron chi connectivity index (χ1n) is 11.8. The van der Waals surface area contributed by atoms with Crippen molar-refractivity contribution < 1.29 is 13.9 Å². The molecule has 186 valence electrons. The Bertz CT molecular complexity index is 1390. The van der Waals surface area contributed by atoms with Gasteiger partial charge in [-0.05, 0) is 49.9 Å². The van der Waals surface area contributed by atoms with Crippen LogP contribution in [0.5, 0.6) is 0 Å². The SMILES string of the molecule is COCc1nc(NC2CCC(NC(=O)c3ccccc3F)CC2)c2cnn(-c3ccccc3Cl)c2n1. The first-order valence-corrected chi connectivity index (χ1v) is 12.2. The normalized spacial score (nSPS) is 17.8. The lowest BCUT2D eigenvalue weighted by molar-refractivity contribution is 0.0922. The van der Waals surface area contributed by atoms with Crippen LogP contribution < -0.4 is 10.6 Å². The Morgan fingerprint density at radius 3 is 2.56 bits per heavy atom. The molecule has 0 radical (unpaired) electrons. The van der Waals surface area contributed by atoms with Crippen LogP contribution in [0.1, 0.15) is 41.9 Å². The predicted molar refractivity (Wildman–Crippen MR) is 136 cm³/mol. The number of nitrogens with one attached hydrogen (secondary N) is 2. The topological polar surface area (TPSA) is 94.0 Å². The van der Waals surface area contributed by atoms with Crippen molar-refractivity contribution >= 4 is 34.4 Å². The highest BCUT2D eigenvalue weighted by molar-refractivity contribution is 6.32. The van der Waals surface area contributed by atoms with Gasteiger partial charge in [-0.1, -0.05) is 35.9 Å². The van der Waals surface area contributed by atoms with Gasteiger partial charge in [0.05, 0.1) is 27.9 Å². The number of hydrogen-bond donors (Lipinski definition) is 2. The number of anilines is 1. The largest absolute Gasteiger partial charge is 0.377 e. The van der Waals surface area contributed by atoms with Gasteiger partial charge in [-0.25, -0.2) is 19.0 Å². The molecule has 0 spiro atoms. The molecular formula is C26H26ClFN6O2. The molecule has 5 rings (SSSR count). The molecule has 1 aliphatic carbocycles. The van der Waals surface area contributed by atoms with Crippen LogP contribution in [-0.2, 0) is 11.3 Å². The molecule has 0 aliphatic heterocycles. The Balaban J connectivity index is 1.32. The van der Waals surface area contributed by atoms with Crippen LogP contribution in [0.2, 0.25) is 5.02 Å². The standard InChI is InChI=1S/C26H26ClFN6O2/c1-36-15-23-32-24(19-14-29-34(25(19)33-23)22-9-5-3-7-20(22)27)30-16-10-12-17(13-11-16)31-26(35)18-6-2-4-8-21(18)28/h2-9,14,16-17H,10-13,15H2,1H3,(H,31,35)(H,30,32,33). The van der Waals surface area contributed by atoms with Crippen molar-refractivity contribution in [3.8, 4) is 5.69 Å². The fourth-order valence-electron chi connectivity index (χ4n) is 4.54. The molecule has 2 aromatic carbocycles. The molecule has 0 saturated heterocycles. The zero-order valence-electron chi connectivity index (χ0n) is 19.7. The van der Waals surface area contributed by atoms with Gasteiger partial charge in [-0.2, -0.15) is 5.10 Å². The van der Waals surface area contributed by atoms with E-state index in [-0.39, 0.29) is 30.2 Å². The van der Waals surface area contributed by atoms with E-state index in [1.165, 1.54) is 12.1 Å². The highest BCUT2D eigenvalue weighted by Gasteiger charge is 2.25. The Kier molecular flexibility index (Phi) is 7.11. The number of halogens is 2. The minimum atomic E-state index is -0.512. The smallest absolute Gasteiger partial charge is 0.254 e. The first-order chi connectivity index (χ1) is 17.5. The Labute approximate surface area is 212 Å². The minimum Gasteiger partial charge on any atom is -0.377 e. The summed E-state index contributed by atoms with van der Waals surface area (Å²) >= 11 is 6.41. The van der Waals surface area contributed by atoms with Gasteiger partial charge in [0.1, 0.15) is 18.2 Å². The summed E-state index contributed by atoms with van der Waals surface area (Å²) in [6.45, 7) is 0.257. The van der Waals surface area contributed by atoms with Crippen LogP contribution in [0.15, 0.2) is 54.7 Å². The van der Waals surface area contributed by atoms with Gasteiger partial charge >= 0.3 is 0 Å². The Morgan fingerprint density at radius 2 is 1.81 bits per heavy atom. The molecule has 10 heteroatoms. The van der Waals surface area contributed by atoms with Crippen LogP contribution in [-0.4, -0.2) is 44.8 Å². The zero-order chi connectivity index (χ0) is 25.1. The summed E-state index contributed by atoms with van der Waals surface area (Å²) in [5, 5.41) is 12.4. The number of carbonyl (C=O) groups excluding carboxylic acids is 1. The molecule has 1 aliphatic rings. The maximum Gasteiger partial charge on any atom is 0.254 e. The van der Waals surface area contributed by atoms with Gasteiger partial charge < -0.3 is 15.4 Å². The van der Waals surface area contributed by atoms with E-state index >= 15 is 0 Å². The number of benzene rings is 2. The van der Waals surface area contributed by atoms with E-state index < -0.39 is 5.82 Å². The lowest BCUT2D eigenvalue weighted by Crippen LogP contribution is -2.40. The van der Waals surface area contributed by atoms with Crippen LogP contribution >= 0.6 is 11.6 Å². The number of aromatic nitrogens is 4. The van der Waals surface area contributed by atoms with Gasteiger partial charge in [-0.15, -0.1) is 0 Å². The third kappa shape index (κ3) is 5.03. The highest BCUT2D eigenvalue weighted by Crippen LogP contribution is 2.29. The molecule has 8 nitrogen and oxygen atoms in total. The van der Waals surface area contributed by atoms with Gasteiger partial charge in [-0.3, -0.25) is 4.79 Å². The van der Waals surface area contributed by atoms with E-state index in [4.69, 9.17) is 16.3 Å². The summed E-state index contributed by atoms with van der Waals surface area (Å²) in [6.07, 6.45) is 4.93. The molecule has 1 saturated carbocycles. The number of nitrogens with zero attached hydrogens (tertiary/aromatic N) is 4. The number of carbonyl (C=O) groups is 1. The number of para-hydroxylation sites is 1. The summed E-state index contributed by atoms with van der Waals surface area (Å²) in [6, 6.07) is 13.6. The van der Waals surface area contributed by atoms with E-state index in [2.05, 4.69) is 25.7 Å². The summed E-state index contributed by atoms with van der Waals surface area (Å²) in [5.74, 6) is 0.330.